The lowest BCUT2D eigenvalue weighted by molar-refractivity contribution is -0.123. The third-order valence-corrected chi connectivity index (χ3v) is 5.13. The molecular formula is C17H18N4O2S. The fraction of sp³-hybridized carbons (Fsp3) is 0.353. The van der Waals surface area contributed by atoms with Crippen molar-refractivity contribution in [2.24, 2.45) is 5.92 Å². The van der Waals surface area contributed by atoms with Gasteiger partial charge in [-0.1, -0.05) is 43.0 Å². The van der Waals surface area contributed by atoms with Gasteiger partial charge in [-0.3, -0.25) is 4.79 Å². The number of allylic oxidation sites excluding steroid dienone is 2. The maximum Gasteiger partial charge on any atom is 0.227 e. The molecule has 2 N–H and O–H groups in total. The van der Waals surface area contributed by atoms with Gasteiger partial charge in [-0.15, -0.1) is 5.10 Å². The third-order valence-electron chi connectivity index (χ3n) is 4.41. The molecule has 0 bridgehead atoms. The molecule has 0 spiro atoms. The third kappa shape index (κ3) is 2.39. The van der Waals surface area contributed by atoms with Crippen molar-refractivity contribution in [2.75, 3.05) is 11.1 Å². The molecule has 24 heavy (non-hydrogen) atoms. The summed E-state index contributed by atoms with van der Waals surface area (Å²) < 4.78 is 1.75. The van der Waals surface area contributed by atoms with E-state index in [1.165, 1.54) is 0 Å². The first-order chi connectivity index (χ1) is 11.7. The summed E-state index contributed by atoms with van der Waals surface area (Å²) in [5.41, 5.74) is 1.57. The Hall–Kier alpha value is -2.28. The van der Waals surface area contributed by atoms with Crippen molar-refractivity contribution >= 4 is 23.5 Å². The number of phenols is 1. The number of fused-ring (bicyclic) bond motifs is 2. The van der Waals surface area contributed by atoms with Crippen LogP contribution in [0.4, 0.5) is 5.95 Å². The molecule has 0 saturated heterocycles. The van der Waals surface area contributed by atoms with Gasteiger partial charge >= 0.3 is 0 Å². The van der Waals surface area contributed by atoms with E-state index in [4.69, 9.17) is 0 Å². The van der Waals surface area contributed by atoms with Crippen LogP contribution in [0.3, 0.4) is 0 Å². The van der Waals surface area contributed by atoms with Gasteiger partial charge in [0.25, 0.3) is 0 Å². The second-order valence-electron chi connectivity index (χ2n) is 5.87. The van der Waals surface area contributed by atoms with Crippen LogP contribution in [-0.2, 0) is 4.79 Å². The van der Waals surface area contributed by atoms with Crippen LogP contribution >= 0.6 is 11.8 Å². The standard InChI is InChI=1S/C17H18N4O2S/c1-2-24-17-19-16-18-11-7-5-9-13(23)14(11)15(21(16)20-17)10-6-3-4-8-12(10)22/h3-4,6-8,14-15,22H,2,5,9H2,1H3,(H,18,19,20)/t14-,15-/m1/s1. The first-order valence-corrected chi connectivity index (χ1v) is 9.04. The molecule has 2 heterocycles. The zero-order valence-corrected chi connectivity index (χ0v) is 14.1. The number of nitrogens with zero attached hydrogens (tertiary/aromatic N) is 3. The van der Waals surface area contributed by atoms with E-state index in [-0.39, 0.29) is 23.5 Å². The summed E-state index contributed by atoms with van der Waals surface area (Å²) in [6, 6.07) is 6.77. The lowest BCUT2D eigenvalue weighted by Gasteiger charge is -2.36. The molecule has 0 unspecified atom stereocenters. The average molecular weight is 342 g/mol. The maximum atomic E-state index is 12.6. The molecule has 0 radical (unpaired) electrons. The minimum Gasteiger partial charge on any atom is -0.508 e. The van der Waals surface area contributed by atoms with Crippen molar-refractivity contribution < 1.29 is 9.90 Å². The lowest BCUT2D eigenvalue weighted by Crippen LogP contribution is -2.38. The van der Waals surface area contributed by atoms with Crippen molar-refractivity contribution in [1.29, 1.82) is 0 Å². The maximum absolute atomic E-state index is 12.6. The number of carbonyl (C=O) groups excluding carboxylic acids is 1. The van der Waals surface area contributed by atoms with E-state index in [0.29, 0.717) is 23.1 Å². The van der Waals surface area contributed by atoms with Crippen molar-refractivity contribution in [1.82, 2.24) is 14.8 Å². The summed E-state index contributed by atoms with van der Waals surface area (Å²) in [5, 5.41) is 18.9. The molecule has 1 aliphatic heterocycles. The van der Waals surface area contributed by atoms with Gasteiger partial charge in [-0.25, -0.2) is 4.68 Å². The number of benzene rings is 1. The van der Waals surface area contributed by atoms with E-state index in [9.17, 15) is 9.90 Å². The first kappa shape index (κ1) is 15.3. The Morgan fingerprint density at radius 1 is 1.42 bits per heavy atom. The van der Waals surface area contributed by atoms with Crippen LogP contribution in [0.15, 0.2) is 41.2 Å². The average Bonchev–Trinajstić information content (AvgIpc) is 2.96. The number of anilines is 1. The van der Waals surface area contributed by atoms with Crippen LogP contribution in [0.25, 0.3) is 0 Å². The number of hydrogen-bond donors (Lipinski definition) is 2. The minimum atomic E-state index is -0.375. The molecule has 2 aromatic rings. The highest BCUT2D eigenvalue weighted by atomic mass is 32.2. The molecule has 124 valence electrons. The highest BCUT2D eigenvalue weighted by Gasteiger charge is 2.42. The van der Waals surface area contributed by atoms with Crippen LogP contribution in [0.5, 0.6) is 5.75 Å². The van der Waals surface area contributed by atoms with E-state index in [1.807, 2.05) is 19.1 Å². The quantitative estimate of drug-likeness (QED) is 0.835. The number of aromatic nitrogens is 3. The highest BCUT2D eigenvalue weighted by Crippen LogP contribution is 2.43. The molecule has 4 rings (SSSR count). The van der Waals surface area contributed by atoms with Crippen LogP contribution in [0.1, 0.15) is 31.4 Å². The second-order valence-corrected chi connectivity index (χ2v) is 7.10. The Balaban J connectivity index is 1.90. The zero-order valence-electron chi connectivity index (χ0n) is 13.3. The Kier molecular flexibility index (Phi) is 3.80. The molecule has 1 aliphatic carbocycles. The molecule has 0 fully saturated rings. The number of ketones is 1. The number of aromatic hydroxyl groups is 1. The highest BCUT2D eigenvalue weighted by molar-refractivity contribution is 7.99. The summed E-state index contributed by atoms with van der Waals surface area (Å²) in [4.78, 5) is 17.2. The fourth-order valence-corrected chi connectivity index (χ4v) is 3.95. The van der Waals surface area contributed by atoms with E-state index < -0.39 is 0 Å². The largest absolute Gasteiger partial charge is 0.508 e. The van der Waals surface area contributed by atoms with Crippen molar-refractivity contribution in [3.05, 3.63) is 41.6 Å². The molecule has 1 aromatic heterocycles. The smallest absolute Gasteiger partial charge is 0.227 e. The van der Waals surface area contributed by atoms with Crippen LogP contribution in [0, 0.1) is 5.92 Å². The Bertz CT molecular complexity index is 830. The van der Waals surface area contributed by atoms with Crippen LogP contribution in [-0.4, -0.2) is 31.4 Å². The molecule has 0 saturated carbocycles. The predicted molar refractivity (Wildman–Crippen MR) is 92.1 cm³/mol. The van der Waals surface area contributed by atoms with Gasteiger partial charge in [-0.05, 0) is 18.2 Å². The van der Waals surface area contributed by atoms with Gasteiger partial charge in [-0.2, -0.15) is 4.98 Å². The van der Waals surface area contributed by atoms with Gasteiger partial charge in [0.2, 0.25) is 11.1 Å². The summed E-state index contributed by atoms with van der Waals surface area (Å²) in [7, 11) is 0. The normalized spacial score (nSPS) is 22.4. The van der Waals surface area contributed by atoms with Crippen molar-refractivity contribution in [2.45, 2.75) is 31.0 Å². The second kappa shape index (κ2) is 5.98. The van der Waals surface area contributed by atoms with Gasteiger partial charge in [0, 0.05) is 17.7 Å². The molecule has 0 amide bonds. The summed E-state index contributed by atoms with van der Waals surface area (Å²) in [6.45, 7) is 2.05. The minimum absolute atomic E-state index is 0.166. The molecule has 7 heteroatoms. The van der Waals surface area contributed by atoms with Gasteiger partial charge in [0.1, 0.15) is 11.5 Å². The number of phenolic OH excluding ortho intramolecular Hbond substituents is 1. The number of Topliss-reactive ketones (excluding diaryl/α,β-unsaturated/α-hetero) is 1. The van der Waals surface area contributed by atoms with Crippen LogP contribution < -0.4 is 5.32 Å². The molecule has 2 aliphatic rings. The van der Waals surface area contributed by atoms with Crippen molar-refractivity contribution in [3.63, 3.8) is 0 Å². The number of hydrogen-bond acceptors (Lipinski definition) is 6. The predicted octanol–water partition coefficient (Wildman–Crippen LogP) is 2.97. The number of rotatable bonds is 3. The first-order valence-electron chi connectivity index (χ1n) is 8.06. The summed E-state index contributed by atoms with van der Waals surface area (Å²) in [5.74, 6) is 1.47. The fourth-order valence-electron chi connectivity index (χ4n) is 3.39. The van der Waals surface area contributed by atoms with Gasteiger partial charge < -0.3 is 10.4 Å². The number of para-hydroxylation sites is 1. The van der Waals surface area contributed by atoms with Crippen molar-refractivity contribution in [3.8, 4) is 5.75 Å². The molecule has 2 atom stereocenters. The molecular weight excluding hydrogens is 324 g/mol. The molecule has 1 aromatic carbocycles. The van der Waals surface area contributed by atoms with E-state index >= 15 is 0 Å². The monoisotopic (exact) mass is 342 g/mol. The van der Waals surface area contributed by atoms with E-state index in [1.54, 1.807) is 28.6 Å². The SMILES string of the molecule is CCSc1nc2n(n1)[C@H](c1ccccc1O)[C@H]1C(=O)CCC=C1N2. The number of carbonyl (C=O) groups is 1. The lowest BCUT2D eigenvalue weighted by atomic mass is 9.80. The van der Waals surface area contributed by atoms with Gasteiger partial charge in [0.15, 0.2) is 0 Å². The summed E-state index contributed by atoms with van der Waals surface area (Å²) >= 11 is 1.55. The van der Waals surface area contributed by atoms with E-state index in [2.05, 4.69) is 21.5 Å². The Morgan fingerprint density at radius 3 is 3.04 bits per heavy atom. The van der Waals surface area contributed by atoms with Crippen LogP contribution in [0.2, 0.25) is 0 Å². The number of nitrogens with one attached hydrogen (secondary N) is 1. The number of thioether (sulfide) groups is 1. The van der Waals surface area contributed by atoms with Gasteiger partial charge in [0.05, 0.1) is 12.0 Å². The molecule has 6 nitrogen and oxygen atoms in total. The zero-order chi connectivity index (χ0) is 16.7. The topological polar surface area (TPSA) is 80.0 Å². The van der Waals surface area contributed by atoms with E-state index in [0.717, 1.165) is 17.9 Å². The summed E-state index contributed by atoms with van der Waals surface area (Å²) in [6.07, 6.45) is 3.31. The Morgan fingerprint density at radius 2 is 2.25 bits per heavy atom. The Labute approximate surface area is 144 Å².